The Morgan fingerprint density at radius 2 is 1.93 bits per heavy atom. The van der Waals surface area contributed by atoms with Crippen molar-refractivity contribution in [2.75, 3.05) is 18.5 Å². The number of hydrogen-bond acceptors (Lipinski definition) is 2. The van der Waals surface area contributed by atoms with Gasteiger partial charge in [-0.25, -0.2) is 0 Å². The van der Waals surface area contributed by atoms with Gasteiger partial charge in [0.2, 0.25) is 0 Å². The number of alkyl halides is 1. The second-order valence-corrected chi connectivity index (χ2v) is 4.06. The van der Waals surface area contributed by atoms with Gasteiger partial charge >= 0.3 is 0 Å². The zero-order valence-electron chi connectivity index (χ0n) is 7.96. The summed E-state index contributed by atoms with van der Waals surface area (Å²) in [6.45, 7) is 1.32. The molecule has 14 heavy (non-hydrogen) atoms. The first-order valence-corrected chi connectivity index (χ1v) is 5.97. The summed E-state index contributed by atoms with van der Waals surface area (Å²) in [6, 6.07) is 6.19. The molecule has 0 fully saturated rings. The van der Waals surface area contributed by atoms with Crippen molar-refractivity contribution in [1.29, 1.82) is 0 Å². The van der Waals surface area contributed by atoms with Gasteiger partial charge < -0.3 is 9.47 Å². The Morgan fingerprint density at radius 1 is 1.14 bits per heavy atom. The van der Waals surface area contributed by atoms with Crippen LogP contribution in [-0.4, -0.2) is 18.5 Å². The Hall–Kier alpha value is -0.700. The van der Waals surface area contributed by atoms with Crippen LogP contribution < -0.4 is 9.47 Å². The van der Waals surface area contributed by atoms with Gasteiger partial charge in [0.15, 0.2) is 11.5 Å². The fourth-order valence-electron chi connectivity index (χ4n) is 1.51. The number of halogens is 1. The van der Waals surface area contributed by atoms with Crippen LogP contribution in [0.15, 0.2) is 18.2 Å². The summed E-state index contributed by atoms with van der Waals surface area (Å²) in [5.74, 6) is 1.77. The summed E-state index contributed by atoms with van der Waals surface area (Å²) in [6.07, 6.45) is 2.24. The lowest BCUT2D eigenvalue weighted by molar-refractivity contribution is 0.171. The highest BCUT2D eigenvalue weighted by atomic mass is 79.9. The highest BCUT2D eigenvalue weighted by Gasteiger charge is 2.10. The van der Waals surface area contributed by atoms with Gasteiger partial charge in [0.25, 0.3) is 0 Å². The molecule has 0 atom stereocenters. The third-order valence-electron chi connectivity index (χ3n) is 2.21. The number of rotatable bonds is 3. The van der Waals surface area contributed by atoms with Crippen LogP contribution in [0.1, 0.15) is 12.0 Å². The maximum atomic E-state index is 5.51. The van der Waals surface area contributed by atoms with Crippen LogP contribution in [0, 0.1) is 0 Å². The molecular formula is C11H13BrO2. The summed E-state index contributed by atoms with van der Waals surface area (Å²) >= 11 is 3.43. The largest absolute Gasteiger partial charge is 0.486 e. The van der Waals surface area contributed by atoms with Crippen LogP contribution in [0.3, 0.4) is 0 Å². The highest BCUT2D eigenvalue weighted by Crippen LogP contribution is 2.30. The van der Waals surface area contributed by atoms with E-state index in [9.17, 15) is 0 Å². The van der Waals surface area contributed by atoms with Gasteiger partial charge in [-0.05, 0) is 30.5 Å². The number of fused-ring (bicyclic) bond motifs is 1. The van der Waals surface area contributed by atoms with Gasteiger partial charge in [-0.15, -0.1) is 0 Å². The molecule has 3 heteroatoms. The molecule has 1 aliphatic rings. The molecule has 2 rings (SSSR count). The highest BCUT2D eigenvalue weighted by molar-refractivity contribution is 9.09. The molecule has 0 N–H and O–H groups in total. The molecule has 1 heterocycles. The number of hydrogen-bond donors (Lipinski definition) is 0. The van der Waals surface area contributed by atoms with Crippen molar-refractivity contribution in [2.24, 2.45) is 0 Å². The van der Waals surface area contributed by atoms with Crippen LogP contribution >= 0.6 is 15.9 Å². The van der Waals surface area contributed by atoms with Gasteiger partial charge in [-0.1, -0.05) is 22.0 Å². The molecular weight excluding hydrogens is 244 g/mol. The van der Waals surface area contributed by atoms with Crippen LogP contribution in [0.25, 0.3) is 0 Å². The van der Waals surface area contributed by atoms with Crippen molar-refractivity contribution >= 4 is 15.9 Å². The minimum atomic E-state index is 0.660. The van der Waals surface area contributed by atoms with Crippen molar-refractivity contribution in [2.45, 2.75) is 12.8 Å². The number of ether oxygens (including phenoxy) is 2. The average Bonchev–Trinajstić information content (AvgIpc) is 2.26. The lowest BCUT2D eigenvalue weighted by Gasteiger charge is -2.18. The molecule has 1 aromatic carbocycles. The molecule has 0 aliphatic carbocycles. The van der Waals surface area contributed by atoms with E-state index in [0.717, 1.165) is 29.7 Å². The van der Waals surface area contributed by atoms with E-state index in [2.05, 4.69) is 28.1 Å². The minimum Gasteiger partial charge on any atom is -0.486 e. The number of benzene rings is 1. The molecule has 0 amide bonds. The Morgan fingerprint density at radius 3 is 2.71 bits per heavy atom. The monoisotopic (exact) mass is 256 g/mol. The first-order valence-electron chi connectivity index (χ1n) is 4.84. The van der Waals surface area contributed by atoms with Gasteiger partial charge in [-0.2, -0.15) is 0 Å². The molecule has 0 saturated carbocycles. The van der Waals surface area contributed by atoms with Gasteiger partial charge in [0.1, 0.15) is 13.2 Å². The summed E-state index contributed by atoms with van der Waals surface area (Å²) in [5.41, 5.74) is 1.31. The summed E-state index contributed by atoms with van der Waals surface area (Å²) in [5, 5.41) is 1.04. The predicted molar refractivity (Wildman–Crippen MR) is 59.5 cm³/mol. The van der Waals surface area contributed by atoms with E-state index < -0.39 is 0 Å². The van der Waals surface area contributed by atoms with Crippen molar-refractivity contribution in [3.8, 4) is 11.5 Å². The molecule has 0 saturated heterocycles. The maximum Gasteiger partial charge on any atom is 0.161 e. The van der Waals surface area contributed by atoms with Crippen LogP contribution in [0.4, 0.5) is 0 Å². The fourth-order valence-corrected chi connectivity index (χ4v) is 1.79. The standard InChI is InChI=1S/C11H13BrO2/c12-5-1-2-9-3-4-10-11(8-9)14-7-6-13-10/h3-4,8H,1-2,5-7H2. The number of aryl methyl sites for hydroxylation is 1. The third-order valence-corrected chi connectivity index (χ3v) is 2.77. The van der Waals surface area contributed by atoms with Crippen LogP contribution in [0.5, 0.6) is 11.5 Å². The van der Waals surface area contributed by atoms with Crippen molar-refractivity contribution in [3.05, 3.63) is 23.8 Å². The van der Waals surface area contributed by atoms with Crippen molar-refractivity contribution < 1.29 is 9.47 Å². The lowest BCUT2D eigenvalue weighted by atomic mass is 10.1. The molecule has 1 aliphatic heterocycles. The second-order valence-electron chi connectivity index (χ2n) is 3.27. The summed E-state index contributed by atoms with van der Waals surface area (Å²) in [7, 11) is 0. The molecule has 0 radical (unpaired) electrons. The molecule has 0 aromatic heterocycles. The van der Waals surface area contributed by atoms with E-state index in [1.807, 2.05) is 6.07 Å². The van der Waals surface area contributed by atoms with E-state index in [-0.39, 0.29) is 0 Å². The lowest BCUT2D eigenvalue weighted by Crippen LogP contribution is -2.15. The van der Waals surface area contributed by atoms with Crippen molar-refractivity contribution in [3.63, 3.8) is 0 Å². The molecule has 76 valence electrons. The fraction of sp³-hybridized carbons (Fsp3) is 0.455. The molecule has 1 aromatic rings. The summed E-state index contributed by atoms with van der Waals surface area (Å²) in [4.78, 5) is 0. The normalized spacial score (nSPS) is 14.1. The molecule has 0 unspecified atom stereocenters. The predicted octanol–water partition coefficient (Wildman–Crippen LogP) is 2.79. The van der Waals surface area contributed by atoms with Crippen molar-refractivity contribution in [1.82, 2.24) is 0 Å². The SMILES string of the molecule is BrCCCc1ccc2c(c1)OCCO2. The first-order chi connectivity index (χ1) is 6.90. The van der Waals surface area contributed by atoms with E-state index in [4.69, 9.17) is 9.47 Å². The second kappa shape index (κ2) is 4.69. The minimum absolute atomic E-state index is 0.660. The Labute approximate surface area is 92.3 Å². The topological polar surface area (TPSA) is 18.5 Å². The van der Waals surface area contributed by atoms with Gasteiger partial charge in [0.05, 0.1) is 0 Å². The van der Waals surface area contributed by atoms with E-state index >= 15 is 0 Å². The van der Waals surface area contributed by atoms with E-state index in [0.29, 0.717) is 13.2 Å². The Balaban J connectivity index is 2.12. The van der Waals surface area contributed by atoms with E-state index in [1.165, 1.54) is 5.56 Å². The summed E-state index contributed by atoms with van der Waals surface area (Å²) < 4.78 is 11.0. The zero-order valence-corrected chi connectivity index (χ0v) is 9.55. The van der Waals surface area contributed by atoms with Gasteiger partial charge in [0, 0.05) is 5.33 Å². The Bertz CT molecular complexity index is 312. The quantitative estimate of drug-likeness (QED) is 0.775. The Kier molecular flexibility index (Phi) is 3.30. The van der Waals surface area contributed by atoms with Crippen LogP contribution in [-0.2, 0) is 6.42 Å². The van der Waals surface area contributed by atoms with E-state index in [1.54, 1.807) is 0 Å². The van der Waals surface area contributed by atoms with Gasteiger partial charge in [-0.3, -0.25) is 0 Å². The molecule has 0 spiro atoms. The first kappa shape index (κ1) is 9.84. The molecule has 2 nitrogen and oxygen atoms in total. The zero-order chi connectivity index (χ0) is 9.80. The van der Waals surface area contributed by atoms with Crippen LogP contribution in [0.2, 0.25) is 0 Å². The smallest absolute Gasteiger partial charge is 0.161 e. The molecule has 0 bridgehead atoms. The maximum absolute atomic E-state index is 5.51. The third kappa shape index (κ3) is 2.21. The average molecular weight is 257 g/mol.